The van der Waals surface area contributed by atoms with Crippen LogP contribution in [0.4, 0.5) is 0 Å². The number of benzene rings is 1. The number of hydrogen-bond donors (Lipinski definition) is 1. The summed E-state index contributed by atoms with van der Waals surface area (Å²) in [6, 6.07) is 13.5. The number of pyridine rings is 2. The van der Waals surface area contributed by atoms with Crippen LogP contribution in [0.5, 0.6) is 0 Å². The Hall–Kier alpha value is -2.70. The summed E-state index contributed by atoms with van der Waals surface area (Å²) in [5.41, 5.74) is 5.31. The number of rotatable bonds is 5. The van der Waals surface area contributed by atoms with Crippen molar-refractivity contribution in [1.29, 1.82) is 0 Å². The van der Waals surface area contributed by atoms with E-state index in [0.717, 1.165) is 22.4 Å². The van der Waals surface area contributed by atoms with Crippen molar-refractivity contribution in [3.05, 3.63) is 75.3 Å². The lowest BCUT2D eigenvalue weighted by molar-refractivity contribution is 1.17. The summed E-state index contributed by atoms with van der Waals surface area (Å²) >= 11 is 8.05. The van der Waals surface area contributed by atoms with Gasteiger partial charge in [-0.3, -0.25) is 4.79 Å². The van der Waals surface area contributed by atoms with Gasteiger partial charge < -0.3 is 4.98 Å². The number of nitrogens with zero attached hydrogens (tertiary/aromatic N) is 3. The van der Waals surface area contributed by atoms with Gasteiger partial charge in [-0.1, -0.05) is 41.9 Å². The fourth-order valence-electron chi connectivity index (χ4n) is 3.38. The third-order valence-electron chi connectivity index (χ3n) is 5.03. The van der Waals surface area contributed by atoms with E-state index in [1.54, 1.807) is 12.3 Å². The van der Waals surface area contributed by atoms with E-state index in [0.29, 0.717) is 38.7 Å². The van der Waals surface area contributed by atoms with Gasteiger partial charge in [-0.15, -0.1) is 0 Å². The summed E-state index contributed by atoms with van der Waals surface area (Å²) < 4.78 is 0. The molecule has 1 aliphatic carbocycles. The molecule has 0 saturated heterocycles. The lowest BCUT2D eigenvalue weighted by Gasteiger charge is -2.11. The summed E-state index contributed by atoms with van der Waals surface area (Å²) in [5.74, 6) is 0.688. The van der Waals surface area contributed by atoms with Gasteiger partial charge >= 0.3 is 0 Å². The van der Waals surface area contributed by atoms with Crippen LogP contribution in [0, 0.1) is 6.92 Å². The van der Waals surface area contributed by atoms with Crippen LogP contribution in [0.2, 0.25) is 5.15 Å². The van der Waals surface area contributed by atoms with Crippen molar-refractivity contribution in [2.45, 2.75) is 30.8 Å². The molecular weight excluding hydrogens is 416 g/mol. The van der Waals surface area contributed by atoms with Crippen molar-refractivity contribution in [3.8, 4) is 22.5 Å². The number of halogens is 1. The average molecular weight is 435 g/mol. The van der Waals surface area contributed by atoms with E-state index >= 15 is 0 Å². The van der Waals surface area contributed by atoms with Gasteiger partial charge in [0.1, 0.15) is 5.15 Å². The summed E-state index contributed by atoms with van der Waals surface area (Å²) in [4.78, 5) is 30.2. The predicted molar refractivity (Wildman–Crippen MR) is 123 cm³/mol. The maximum absolute atomic E-state index is 13.2. The molecule has 1 N–H and O–H groups in total. The first-order valence-corrected chi connectivity index (χ1v) is 11.2. The van der Waals surface area contributed by atoms with Crippen LogP contribution in [-0.4, -0.2) is 25.2 Å². The highest BCUT2D eigenvalue weighted by molar-refractivity contribution is 7.99. The zero-order valence-electron chi connectivity index (χ0n) is 16.4. The fraction of sp³-hybridized carbons (Fsp3) is 0.217. The number of fused-ring (bicyclic) bond motifs is 1. The van der Waals surface area contributed by atoms with Crippen LogP contribution in [-0.2, 0) is 5.75 Å². The molecule has 30 heavy (non-hydrogen) atoms. The Morgan fingerprint density at radius 1 is 1.07 bits per heavy atom. The number of aryl methyl sites for hydroxylation is 1. The van der Waals surface area contributed by atoms with Gasteiger partial charge in [-0.25, -0.2) is 15.0 Å². The van der Waals surface area contributed by atoms with Gasteiger partial charge in [0.25, 0.3) is 0 Å². The Labute approximate surface area is 183 Å². The van der Waals surface area contributed by atoms with Gasteiger partial charge in [0, 0.05) is 39.6 Å². The van der Waals surface area contributed by atoms with Crippen LogP contribution in [0.3, 0.4) is 0 Å². The molecule has 0 atom stereocenters. The number of aromatic nitrogens is 4. The second-order valence-electron chi connectivity index (χ2n) is 7.46. The fourth-order valence-corrected chi connectivity index (χ4v) is 4.73. The molecule has 7 heteroatoms. The summed E-state index contributed by atoms with van der Waals surface area (Å²) in [7, 11) is 0. The van der Waals surface area contributed by atoms with Gasteiger partial charge in [0.15, 0.2) is 11.2 Å². The minimum atomic E-state index is -0.0675. The molecule has 3 aromatic heterocycles. The lowest BCUT2D eigenvalue weighted by Crippen LogP contribution is -2.13. The van der Waals surface area contributed by atoms with E-state index in [1.807, 2.05) is 55.1 Å². The molecule has 0 amide bonds. The van der Waals surface area contributed by atoms with Gasteiger partial charge in [-0.2, -0.15) is 11.8 Å². The molecule has 3 heterocycles. The Kier molecular flexibility index (Phi) is 5.05. The van der Waals surface area contributed by atoms with Crippen molar-refractivity contribution in [2.75, 3.05) is 0 Å². The van der Waals surface area contributed by atoms with E-state index in [2.05, 4.69) is 9.97 Å². The van der Waals surface area contributed by atoms with Crippen LogP contribution < -0.4 is 5.43 Å². The van der Waals surface area contributed by atoms with Crippen molar-refractivity contribution in [3.63, 3.8) is 0 Å². The zero-order valence-corrected chi connectivity index (χ0v) is 17.9. The maximum Gasteiger partial charge on any atom is 0.213 e. The summed E-state index contributed by atoms with van der Waals surface area (Å²) in [5, 5.41) is 1.07. The van der Waals surface area contributed by atoms with Crippen molar-refractivity contribution in [1.82, 2.24) is 19.9 Å². The van der Waals surface area contributed by atoms with E-state index in [9.17, 15) is 4.79 Å². The van der Waals surface area contributed by atoms with E-state index < -0.39 is 0 Å². The largest absolute Gasteiger partial charge is 0.344 e. The summed E-state index contributed by atoms with van der Waals surface area (Å²) in [6.07, 6.45) is 4.25. The first kappa shape index (κ1) is 19.3. The number of nitrogens with one attached hydrogen (secondary N) is 1. The number of hydrogen-bond acceptors (Lipinski definition) is 5. The first-order chi connectivity index (χ1) is 14.6. The Morgan fingerprint density at radius 3 is 2.57 bits per heavy atom. The molecule has 1 fully saturated rings. The van der Waals surface area contributed by atoms with Crippen LogP contribution >= 0.6 is 23.4 Å². The number of thioether (sulfide) groups is 1. The Morgan fingerprint density at radius 2 is 1.83 bits per heavy atom. The Bertz CT molecular complexity index is 1280. The maximum atomic E-state index is 13.2. The molecule has 5 nitrogen and oxygen atoms in total. The third-order valence-corrected chi connectivity index (χ3v) is 6.64. The van der Waals surface area contributed by atoms with Crippen LogP contribution in [0.1, 0.15) is 24.1 Å². The molecule has 1 aliphatic rings. The average Bonchev–Trinajstić information content (AvgIpc) is 3.57. The third kappa shape index (κ3) is 3.85. The minimum absolute atomic E-state index is 0.0675. The highest BCUT2D eigenvalue weighted by atomic mass is 35.5. The summed E-state index contributed by atoms with van der Waals surface area (Å²) in [6.45, 7) is 1.88. The molecule has 0 bridgehead atoms. The molecule has 0 spiro atoms. The van der Waals surface area contributed by atoms with Crippen LogP contribution in [0.25, 0.3) is 33.7 Å². The number of H-pyrrole nitrogens is 1. The van der Waals surface area contributed by atoms with E-state index in [1.165, 1.54) is 12.8 Å². The predicted octanol–water partition coefficient (Wildman–Crippen LogP) is 5.40. The highest BCUT2D eigenvalue weighted by Crippen LogP contribution is 2.36. The molecule has 1 aromatic carbocycles. The highest BCUT2D eigenvalue weighted by Gasteiger charge is 2.23. The van der Waals surface area contributed by atoms with Gasteiger partial charge in [-0.05, 0) is 31.9 Å². The molecule has 150 valence electrons. The van der Waals surface area contributed by atoms with Crippen LogP contribution in [0.15, 0.2) is 53.5 Å². The quantitative estimate of drug-likeness (QED) is 0.425. The standard InChI is InChI=1S/C23H19ClN4OS/c1-13-9-15(10-18(24)26-13)20-19(14-5-3-2-4-6-14)28-23-21(27-20)22(29)16(11-25-23)12-30-17-7-8-17/h2-6,9-11,17H,7-8,12H2,1H3,(H,25,28,29). The second kappa shape index (κ2) is 7.85. The van der Waals surface area contributed by atoms with Crippen molar-refractivity contribution in [2.24, 2.45) is 0 Å². The molecule has 5 rings (SSSR count). The van der Waals surface area contributed by atoms with E-state index in [-0.39, 0.29) is 5.43 Å². The zero-order chi connectivity index (χ0) is 20.7. The first-order valence-electron chi connectivity index (χ1n) is 9.82. The van der Waals surface area contributed by atoms with E-state index in [4.69, 9.17) is 21.6 Å². The minimum Gasteiger partial charge on any atom is -0.344 e. The molecule has 4 aromatic rings. The topological polar surface area (TPSA) is 71.5 Å². The smallest absolute Gasteiger partial charge is 0.213 e. The normalized spacial score (nSPS) is 13.7. The molecule has 0 radical (unpaired) electrons. The SMILES string of the molecule is Cc1cc(-c2nc3c(=O)c(CSC4CC4)c[nH]c3nc2-c2ccccc2)cc(Cl)n1. The molecule has 1 saturated carbocycles. The Balaban J connectivity index is 1.72. The molecule has 0 aliphatic heterocycles. The molecule has 0 unspecified atom stereocenters. The van der Waals surface area contributed by atoms with Gasteiger partial charge in [0.2, 0.25) is 5.43 Å². The molecular formula is C23H19ClN4OS. The number of aromatic amines is 1. The van der Waals surface area contributed by atoms with Crippen molar-refractivity contribution < 1.29 is 0 Å². The monoisotopic (exact) mass is 434 g/mol. The van der Waals surface area contributed by atoms with Crippen molar-refractivity contribution >= 4 is 34.5 Å². The second-order valence-corrected chi connectivity index (χ2v) is 9.13. The van der Waals surface area contributed by atoms with Gasteiger partial charge in [0.05, 0.1) is 11.4 Å². The lowest BCUT2D eigenvalue weighted by atomic mass is 10.0.